The summed E-state index contributed by atoms with van der Waals surface area (Å²) in [5.41, 5.74) is 3.75. The number of ether oxygens (including phenoxy) is 3. The second-order valence-corrected chi connectivity index (χ2v) is 5.02. The van der Waals surface area contributed by atoms with Gasteiger partial charge in [-0.05, 0) is 24.3 Å². The van der Waals surface area contributed by atoms with Crippen LogP contribution in [0.4, 0.5) is 0 Å². The Bertz CT molecular complexity index is 630. The van der Waals surface area contributed by atoms with E-state index < -0.39 is 0 Å². The molecule has 102 valence electrons. The number of benzene rings is 1. The second kappa shape index (κ2) is 4.37. The van der Waals surface area contributed by atoms with Gasteiger partial charge in [0.15, 0.2) is 11.5 Å². The van der Waals surface area contributed by atoms with Crippen LogP contribution in [-0.4, -0.2) is 26.3 Å². The quantitative estimate of drug-likeness (QED) is 0.922. The van der Waals surface area contributed by atoms with Crippen molar-refractivity contribution in [2.75, 3.05) is 21.3 Å². The fourth-order valence-electron chi connectivity index (χ4n) is 3.15. The van der Waals surface area contributed by atoms with Gasteiger partial charge in [0.1, 0.15) is 0 Å². The van der Waals surface area contributed by atoms with E-state index in [0.29, 0.717) is 17.4 Å². The first-order chi connectivity index (χ1) is 9.21. The molecule has 2 aromatic rings. The smallest absolute Gasteiger partial charge is 0.204 e. The molecular weight excluding hydrogens is 242 g/mol. The third-order valence-corrected chi connectivity index (χ3v) is 4.03. The van der Waals surface area contributed by atoms with Gasteiger partial charge in [-0.3, -0.25) is 0 Å². The summed E-state index contributed by atoms with van der Waals surface area (Å²) in [5.74, 6) is 2.68. The standard InChI is InChI=1S/C15H19NO3/c1-8-5-6-9-12(8)13-10(16-9)7-11(17-2)14(18-3)15(13)19-4/h7-8,16H,5-6H2,1-4H3/t8-/m1/s1. The minimum atomic E-state index is 0.552. The molecule has 1 aliphatic carbocycles. The molecule has 1 aliphatic rings. The molecule has 1 aromatic heterocycles. The summed E-state index contributed by atoms with van der Waals surface area (Å²) in [6.45, 7) is 2.26. The molecule has 4 nitrogen and oxygen atoms in total. The first kappa shape index (κ1) is 12.2. The number of nitrogens with one attached hydrogen (secondary N) is 1. The highest BCUT2D eigenvalue weighted by molar-refractivity contribution is 5.95. The van der Waals surface area contributed by atoms with Gasteiger partial charge in [0.05, 0.1) is 26.8 Å². The molecule has 0 aliphatic heterocycles. The number of rotatable bonds is 3. The van der Waals surface area contributed by atoms with E-state index in [1.165, 1.54) is 17.7 Å². The molecule has 0 spiro atoms. The van der Waals surface area contributed by atoms with Crippen molar-refractivity contribution in [3.63, 3.8) is 0 Å². The molecule has 0 amide bonds. The molecular formula is C15H19NO3. The third-order valence-electron chi connectivity index (χ3n) is 4.03. The fraction of sp³-hybridized carbons (Fsp3) is 0.467. The molecule has 3 rings (SSSR count). The largest absolute Gasteiger partial charge is 0.493 e. The van der Waals surface area contributed by atoms with Gasteiger partial charge >= 0.3 is 0 Å². The van der Waals surface area contributed by atoms with Crippen LogP contribution in [0.15, 0.2) is 6.07 Å². The molecule has 4 heteroatoms. The van der Waals surface area contributed by atoms with Crippen LogP contribution in [0, 0.1) is 0 Å². The van der Waals surface area contributed by atoms with E-state index in [0.717, 1.165) is 23.1 Å². The lowest BCUT2D eigenvalue weighted by molar-refractivity contribution is 0.327. The maximum absolute atomic E-state index is 5.60. The van der Waals surface area contributed by atoms with Gasteiger partial charge in [-0.15, -0.1) is 0 Å². The lowest BCUT2D eigenvalue weighted by Crippen LogP contribution is -1.97. The summed E-state index contributed by atoms with van der Waals surface area (Å²) in [6, 6.07) is 1.99. The van der Waals surface area contributed by atoms with Crippen molar-refractivity contribution in [2.45, 2.75) is 25.7 Å². The van der Waals surface area contributed by atoms with Crippen molar-refractivity contribution in [3.8, 4) is 17.2 Å². The van der Waals surface area contributed by atoms with E-state index >= 15 is 0 Å². The number of aryl methyl sites for hydroxylation is 1. The van der Waals surface area contributed by atoms with Crippen LogP contribution in [0.3, 0.4) is 0 Å². The molecule has 1 atom stereocenters. The second-order valence-electron chi connectivity index (χ2n) is 5.02. The number of H-pyrrole nitrogens is 1. The van der Waals surface area contributed by atoms with Crippen molar-refractivity contribution in [1.29, 1.82) is 0 Å². The Balaban J connectivity index is 2.39. The van der Waals surface area contributed by atoms with Crippen LogP contribution in [0.25, 0.3) is 10.9 Å². The minimum Gasteiger partial charge on any atom is -0.493 e. The molecule has 0 bridgehead atoms. The van der Waals surface area contributed by atoms with Crippen LogP contribution in [0.1, 0.15) is 30.5 Å². The molecule has 0 saturated heterocycles. The maximum atomic E-state index is 5.60. The third kappa shape index (κ3) is 1.59. The van der Waals surface area contributed by atoms with Crippen LogP contribution >= 0.6 is 0 Å². The van der Waals surface area contributed by atoms with E-state index in [9.17, 15) is 0 Å². The molecule has 1 heterocycles. The highest BCUT2D eigenvalue weighted by Crippen LogP contribution is 2.49. The summed E-state index contributed by atoms with van der Waals surface area (Å²) >= 11 is 0. The maximum Gasteiger partial charge on any atom is 0.204 e. The predicted octanol–water partition coefficient (Wildman–Crippen LogP) is 3.24. The van der Waals surface area contributed by atoms with E-state index in [1.54, 1.807) is 21.3 Å². The normalized spacial score (nSPS) is 17.6. The Morgan fingerprint density at radius 3 is 2.47 bits per heavy atom. The molecule has 19 heavy (non-hydrogen) atoms. The minimum absolute atomic E-state index is 0.552. The Morgan fingerprint density at radius 1 is 1.11 bits per heavy atom. The molecule has 0 fully saturated rings. The number of fused-ring (bicyclic) bond motifs is 3. The van der Waals surface area contributed by atoms with Crippen molar-refractivity contribution >= 4 is 10.9 Å². The average molecular weight is 261 g/mol. The monoisotopic (exact) mass is 261 g/mol. The van der Waals surface area contributed by atoms with Crippen molar-refractivity contribution in [3.05, 3.63) is 17.3 Å². The van der Waals surface area contributed by atoms with Crippen LogP contribution in [0.5, 0.6) is 17.2 Å². The Labute approximate surface area is 112 Å². The van der Waals surface area contributed by atoms with Gasteiger partial charge in [-0.1, -0.05) is 6.92 Å². The Hall–Kier alpha value is -1.84. The first-order valence-corrected chi connectivity index (χ1v) is 6.54. The van der Waals surface area contributed by atoms with Gasteiger partial charge in [0.2, 0.25) is 5.75 Å². The summed E-state index contributed by atoms with van der Waals surface area (Å²) in [5, 5.41) is 1.14. The molecule has 1 aromatic carbocycles. The zero-order chi connectivity index (χ0) is 13.6. The summed E-state index contributed by atoms with van der Waals surface area (Å²) < 4.78 is 16.5. The summed E-state index contributed by atoms with van der Waals surface area (Å²) in [4.78, 5) is 3.49. The molecule has 1 N–H and O–H groups in total. The van der Waals surface area contributed by atoms with Crippen molar-refractivity contribution < 1.29 is 14.2 Å². The number of hydrogen-bond donors (Lipinski definition) is 1. The van der Waals surface area contributed by atoms with Gasteiger partial charge in [-0.2, -0.15) is 0 Å². The van der Waals surface area contributed by atoms with Crippen LogP contribution in [0.2, 0.25) is 0 Å². The predicted molar refractivity (Wildman–Crippen MR) is 74.7 cm³/mol. The van der Waals surface area contributed by atoms with Crippen molar-refractivity contribution in [1.82, 2.24) is 4.98 Å². The van der Waals surface area contributed by atoms with Gasteiger partial charge in [0, 0.05) is 17.1 Å². The Kier molecular flexibility index (Phi) is 2.81. The number of aromatic amines is 1. The van der Waals surface area contributed by atoms with E-state index in [-0.39, 0.29) is 0 Å². The van der Waals surface area contributed by atoms with Gasteiger partial charge < -0.3 is 19.2 Å². The average Bonchev–Trinajstić information content (AvgIpc) is 2.96. The number of methoxy groups -OCH3 is 3. The highest BCUT2D eigenvalue weighted by Gasteiger charge is 2.28. The zero-order valence-corrected chi connectivity index (χ0v) is 11.8. The first-order valence-electron chi connectivity index (χ1n) is 6.54. The number of hydrogen-bond acceptors (Lipinski definition) is 3. The van der Waals surface area contributed by atoms with Gasteiger partial charge in [-0.25, -0.2) is 0 Å². The zero-order valence-electron chi connectivity index (χ0n) is 11.8. The van der Waals surface area contributed by atoms with E-state index in [4.69, 9.17) is 14.2 Å². The lowest BCUT2D eigenvalue weighted by Gasteiger charge is -2.14. The van der Waals surface area contributed by atoms with E-state index in [1.807, 2.05) is 6.07 Å². The number of aromatic nitrogens is 1. The van der Waals surface area contributed by atoms with E-state index in [2.05, 4.69) is 11.9 Å². The highest BCUT2D eigenvalue weighted by atomic mass is 16.5. The molecule has 0 unspecified atom stereocenters. The van der Waals surface area contributed by atoms with Crippen LogP contribution in [-0.2, 0) is 6.42 Å². The van der Waals surface area contributed by atoms with Gasteiger partial charge in [0.25, 0.3) is 0 Å². The topological polar surface area (TPSA) is 43.5 Å². The van der Waals surface area contributed by atoms with Crippen LogP contribution < -0.4 is 14.2 Å². The summed E-state index contributed by atoms with van der Waals surface area (Å²) in [7, 11) is 4.96. The fourth-order valence-corrected chi connectivity index (χ4v) is 3.15. The SMILES string of the molecule is COc1cc2[nH]c3c(c2c(OC)c1OC)[C@H](C)CC3. The Morgan fingerprint density at radius 2 is 1.84 bits per heavy atom. The van der Waals surface area contributed by atoms with Crippen molar-refractivity contribution in [2.24, 2.45) is 0 Å². The lowest BCUT2D eigenvalue weighted by atomic mass is 10.0. The summed E-state index contributed by atoms with van der Waals surface area (Å²) in [6.07, 6.45) is 2.29. The molecule has 0 saturated carbocycles. The molecule has 0 radical (unpaired) electrons.